The lowest BCUT2D eigenvalue weighted by molar-refractivity contribution is -0.168. The number of carbonyl (C=O) groups is 1. The molecule has 0 amide bonds. The first-order valence-electron chi connectivity index (χ1n) is 9.07. The van der Waals surface area contributed by atoms with Gasteiger partial charge in [0.15, 0.2) is 0 Å². The van der Waals surface area contributed by atoms with E-state index in [0.717, 1.165) is 13.0 Å². The van der Waals surface area contributed by atoms with Crippen LogP contribution < -0.4 is 4.74 Å². The van der Waals surface area contributed by atoms with Gasteiger partial charge in [-0.1, -0.05) is 18.2 Å². The number of para-hydroxylation sites is 1. The van der Waals surface area contributed by atoms with Crippen LogP contribution in [-0.4, -0.2) is 23.6 Å². The maximum absolute atomic E-state index is 13.7. The Labute approximate surface area is 169 Å². The van der Waals surface area contributed by atoms with Crippen molar-refractivity contribution in [3.63, 3.8) is 0 Å². The highest BCUT2D eigenvalue weighted by Crippen LogP contribution is 2.36. The van der Waals surface area contributed by atoms with Crippen LogP contribution in [0.2, 0.25) is 0 Å². The Morgan fingerprint density at radius 2 is 1.80 bits per heavy atom. The lowest BCUT2D eigenvalue weighted by Gasteiger charge is -2.29. The molecule has 3 rings (SSSR count). The number of pyridine rings is 1. The zero-order valence-corrected chi connectivity index (χ0v) is 16.0. The SMILES string of the molecule is CC(COc1cccc(F)c1)(CC(F)(F)F)C(=O)Cc1cnc2c(F)cccc2c1. The summed E-state index contributed by atoms with van der Waals surface area (Å²) < 4.78 is 71.9. The molecule has 0 radical (unpaired) electrons. The maximum atomic E-state index is 13.7. The largest absolute Gasteiger partial charge is 0.492 e. The van der Waals surface area contributed by atoms with Crippen LogP contribution in [0.25, 0.3) is 10.9 Å². The van der Waals surface area contributed by atoms with Crippen molar-refractivity contribution in [2.24, 2.45) is 5.41 Å². The second-order valence-electron chi connectivity index (χ2n) is 7.35. The van der Waals surface area contributed by atoms with Crippen molar-refractivity contribution < 1.29 is 31.5 Å². The van der Waals surface area contributed by atoms with E-state index in [9.17, 15) is 26.7 Å². The molecule has 0 fully saturated rings. The fourth-order valence-electron chi connectivity index (χ4n) is 3.14. The molecule has 0 saturated heterocycles. The van der Waals surface area contributed by atoms with E-state index in [1.807, 2.05) is 0 Å². The number of aromatic nitrogens is 1. The van der Waals surface area contributed by atoms with E-state index in [2.05, 4.69) is 4.98 Å². The van der Waals surface area contributed by atoms with Crippen LogP contribution in [-0.2, 0) is 11.2 Å². The highest BCUT2D eigenvalue weighted by Gasteiger charge is 2.44. The zero-order chi connectivity index (χ0) is 21.9. The minimum absolute atomic E-state index is 0.0269. The van der Waals surface area contributed by atoms with E-state index in [4.69, 9.17) is 4.74 Å². The molecule has 8 heteroatoms. The topological polar surface area (TPSA) is 39.2 Å². The quantitative estimate of drug-likeness (QED) is 0.460. The first-order chi connectivity index (χ1) is 14.1. The van der Waals surface area contributed by atoms with Crippen LogP contribution in [0, 0.1) is 17.0 Å². The van der Waals surface area contributed by atoms with E-state index in [1.165, 1.54) is 42.6 Å². The van der Waals surface area contributed by atoms with Gasteiger partial charge in [0.05, 0.1) is 11.8 Å². The van der Waals surface area contributed by atoms with Crippen molar-refractivity contribution in [2.45, 2.75) is 25.9 Å². The molecule has 2 aromatic carbocycles. The number of ether oxygens (including phenoxy) is 1. The normalized spacial score (nSPS) is 13.8. The zero-order valence-electron chi connectivity index (χ0n) is 16.0. The summed E-state index contributed by atoms with van der Waals surface area (Å²) >= 11 is 0. The fourth-order valence-corrected chi connectivity index (χ4v) is 3.14. The van der Waals surface area contributed by atoms with E-state index >= 15 is 0 Å². The molecule has 1 atom stereocenters. The smallest absolute Gasteiger partial charge is 0.390 e. The fraction of sp³-hybridized carbons (Fsp3) is 0.273. The highest BCUT2D eigenvalue weighted by atomic mass is 19.4. The van der Waals surface area contributed by atoms with Crippen molar-refractivity contribution in [3.8, 4) is 5.75 Å². The molecule has 1 unspecified atom stereocenters. The monoisotopic (exact) mass is 423 g/mol. The summed E-state index contributed by atoms with van der Waals surface area (Å²) in [6.45, 7) is 0.584. The number of nitrogens with zero attached hydrogens (tertiary/aromatic N) is 1. The Hall–Kier alpha value is -3.03. The molecule has 1 heterocycles. The lowest BCUT2D eigenvalue weighted by atomic mass is 9.80. The molecule has 30 heavy (non-hydrogen) atoms. The summed E-state index contributed by atoms with van der Waals surface area (Å²) in [4.78, 5) is 16.8. The molecular weight excluding hydrogens is 405 g/mol. The van der Waals surface area contributed by atoms with Gasteiger partial charge >= 0.3 is 6.18 Å². The first-order valence-corrected chi connectivity index (χ1v) is 9.07. The van der Waals surface area contributed by atoms with Gasteiger partial charge in [0, 0.05) is 24.1 Å². The number of Topliss-reactive ketones (excluding diaryl/α,β-unsaturated/α-hetero) is 1. The van der Waals surface area contributed by atoms with Crippen molar-refractivity contribution in [1.29, 1.82) is 0 Å². The van der Waals surface area contributed by atoms with Crippen molar-refractivity contribution >= 4 is 16.7 Å². The number of fused-ring (bicyclic) bond motifs is 1. The van der Waals surface area contributed by atoms with Gasteiger partial charge in [-0.2, -0.15) is 13.2 Å². The summed E-state index contributed by atoms with van der Waals surface area (Å²) in [6.07, 6.45) is -5.08. The van der Waals surface area contributed by atoms with E-state index in [0.29, 0.717) is 10.9 Å². The van der Waals surface area contributed by atoms with Gasteiger partial charge in [0.25, 0.3) is 0 Å². The predicted octanol–water partition coefficient (Wildman–Crippen LogP) is 5.66. The summed E-state index contributed by atoms with van der Waals surface area (Å²) in [5, 5.41) is 0.439. The summed E-state index contributed by atoms with van der Waals surface area (Å²) in [6, 6.07) is 10.8. The highest BCUT2D eigenvalue weighted by molar-refractivity contribution is 5.88. The minimum Gasteiger partial charge on any atom is -0.492 e. The van der Waals surface area contributed by atoms with E-state index in [1.54, 1.807) is 6.07 Å². The van der Waals surface area contributed by atoms with Crippen LogP contribution in [0.3, 0.4) is 0 Å². The average Bonchev–Trinajstić information content (AvgIpc) is 2.65. The minimum atomic E-state index is -4.61. The van der Waals surface area contributed by atoms with Gasteiger partial charge in [-0.3, -0.25) is 9.78 Å². The second-order valence-corrected chi connectivity index (χ2v) is 7.35. The molecule has 0 spiro atoms. The molecule has 0 N–H and O–H groups in total. The average molecular weight is 423 g/mol. The van der Waals surface area contributed by atoms with Gasteiger partial charge in [-0.15, -0.1) is 0 Å². The summed E-state index contributed by atoms with van der Waals surface area (Å²) in [5.74, 6) is -1.82. The standard InChI is InChI=1S/C22H18F5NO2/c1-21(12-22(25,26)27,13-30-17-6-3-5-16(23)10-17)19(29)9-14-8-15-4-2-7-18(24)20(15)28-11-14/h2-8,10-11H,9,12-13H2,1H3. The third kappa shape index (κ3) is 5.31. The Balaban J connectivity index is 1.82. The Morgan fingerprint density at radius 3 is 2.50 bits per heavy atom. The van der Waals surface area contributed by atoms with Crippen LogP contribution in [0.5, 0.6) is 5.75 Å². The molecule has 0 bridgehead atoms. The number of hydrogen-bond acceptors (Lipinski definition) is 3. The van der Waals surface area contributed by atoms with Crippen molar-refractivity contribution in [3.05, 3.63) is 71.9 Å². The van der Waals surface area contributed by atoms with Gasteiger partial charge in [0.2, 0.25) is 0 Å². The Kier molecular flexibility index (Phi) is 6.05. The molecule has 3 nitrogen and oxygen atoms in total. The van der Waals surface area contributed by atoms with Gasteiger partial charge in [0.1, 0.15) is 35.3 Å². The molecule has 0 saturated carbocycles. The molecule has 0 aliphatic carbocycles. The molecule has 158 valence electrons. The Bertz CT molecular complexity index is 1070. The number of ketones is 1. The molecule has 0 aliphatic heterocycles. The molecule has 1 aromatic heterocycles. The first kappa shape index (κ1) is 21.7. The van der Waals surface area contributed by atoms with Crippen LogP contribution in [0.1, 0.15) is 18.9 Å². The van der Waals surface area contributed by atoms with E-state index < -0.39 is 42.0 Å². The predicted molar refractivity (Wildman–Crippen MR) is 101 cm³/mol. The van der Waals surface area contributed by atoms with Crippen LogP contribution in [0.15, 0.2) is 54.7 Å². The number of alkyl halides is 3. The van der Waals surface area contributed by atoms with E-state index in [-0.39, 0.29) is 17.7 Å². The number of halogens is 5. The maximum Gasteiger partial charge on any atom is 0.390 e. The van der Waals surface area contributed by atoms with Crippen molar-refractivity contribution in [2.75, 3.05) is 6.61 Å². The van der Waals surface area contributed by atoms with Crippen LogP contribution in [0.4, 0.5) is 22.0 Å². The third-order valence-electron chi connectivity index (χ3n) is 4.70. The number of rotatable bonds is 7. The lowest BCUT2D eigenvalue weighted by Crippen LogP contribution is -2.39. The van der Waals surface area contributed by atoms with Gasteiger partial charge in [-0.05, 0) is 36.8 Å². The molecule has 3 aromatic rings. The Morgan fingerprint density at radius 1 is 1.07 bits per heavy atom. The van der Waals surface area contributed by atoms with Crippen molar-refractivity contribution in [1.82, 2.24) is 4.98 Å². The summed E-state index contributed by atoms with van der Waals surface area (Å²) in [7, 11) is 0. The molecular formula is C22H18F5NO2. The second kappa shape index (κ2) is 8.38. The number of benzene rings is 2. The summed E-state index contributed by atoms with van der Waals surface area (Å²) in [5.41, 5.74) is -1.43. The van der Waals surface area contributed by atoms with Crippen LogP contribution >= 0.6 is 0 Å². The molecule has 0 aliphatic rings. The number of carbonyl (C=O) groups excluding carboxylic acids is 1. The van der Waals surface area contributed by atoms with Gasteiger partial charge in [-0.25, -0.2) is 8.78 Å². The third-order valence-corrected chi connectivity index (χ3v) is 4.70. The van der Waals surface area contributed by atoms with Gasteiger partial charge < -0.3 is 4.74 Å². The number of hydrogen-bond donors (Lipinski definition) is 0.